The number of pyridine rings is 1. The molecule has 0 saturated heterocycles. The highest BCUT2D eigenvalue weighted by atomic mass is 32.2. The predicted molar refractivity (Wildman–Crippen MR) is 85.2 cm³/mol. The van der Waals surface area contributed by atoms with Crippen molar-refractivity contribution >= 4 is 40.1 Å². The van der Waals surface area contributed by atoms with Gasteiger partial charge in [0.05, 0.1) is 23.0 Å². The first-order valence-electron chi connectivity index (χ1n) is 6.57. The maximum Gasteiger partial charge on any atom is 0.256 e. The number of hydrogen-bond acceptors (Lipinski definition) is 4. The van der Waals surface area contributed by atoms with Crippen LogP contribution in [0, 0.1) is 0 Å². The van der Waals surface area contributed by atoms with Crippen molar-refractivity contribution < 1.29 is 9.35 Å². The summed E-state index contributed by atoms with van der Waals surface area (Å²) >= 11 is -1.32. The van der Waals surface area contributed by atoms with Gasteiger partial charge in [0.15, 0.2) is 0 Å². The number of carbonyl (C=O) groups is 1. The number of anilines is 1. The van der Waals surface area contributed by atoms with E-state index in [4.69, 9.17) is 0 Å². The normalized spacial score (nSPS) is 15.7. The number of amides is 1. The molecule has 1 amide bonds. The average molecular weight is 301 g/mol. The highest BCUT2D eigenvalue weighted by Gasteiger charge is 2.26. The molecular weight excluding hydrogens is 286 g/mol. The first-order chi connectivity index (χ1) is 9.88. The van der Waals surface area contributed by atoms with Crippen molar-refractivity contribution in [3.63, 3.8) is 0 Å². The summed E-state index contributed by atoms with van der Waals surface area (Å²) in [6.07, 6.45) is 3.21. The molecule has 2 aromatic rings. The van der Waals surface area contributed by atoms with E-state index in [2.05, 4.69) is 14.7 Å². The summed E-state index contributed by atoms with van der Waals surface area (Å²) in [4.78, 5) is 16.2. The van der Waals surface area contributed by atoms with E-state index in [0.717, 1.165) is 16.6 Å². The highest BCUT2D eigenvalue weighted by molar-refractivity contribution is 7.91. The number of nitrogens with one attached hydrogen (secondary N) is 1. The Morgan fingerprint density at radius 1 is 1.33 bits per heavy atom. The lowest BCUT2D eigenvalue weighted by molar-refractivity contribution is 0.103. The molecule has 0 saturated carbocycles. The second-order valence-electron chi connectivity index (χ2n) is 5.83. The summed E-state index contributed by atoms with van der Waals surface area (Å²) < 4.78 is 15.7. The van der Waals surface area contributed by atoms with E-state index in [-0.39, 0.29) is 5.91 Å². The molecule has 0 fully saturated rings. The highest BCUT2D eigenvalue weighted by Crippen LogP contribution is 2.33. The lowest BCUT2D eigenvalue weighted by Gasteiger charge is -2.17. The van der Waals surface area contributed by atoms with Gasteiger partial charge in [0.25, 0.3) is 5.91 Å². The molecule has 1 unspecified atom stereocenters. The number of carbonyl (C=O) groups excluding carboxylic acids is 1. The monoisotopic (exact) mass is 301 g/mol. The molecule has 0 spiro atoms. The Bertz CT molecular complexity index is 765. The summed E-state index contributed by atoms with van der Waals surface area (Å²) in [5.74, 6) is -0.121. The van der Waals surface area contributed by atoms with Crippen molar-refractivity contribution in [3.8, 4) is 0 Å². The van der Waals surface area contributed by atoms with Crippen molar-refractivity contribution in [3.05, 3.63) is 35.5 Å². The van der Waals surface area contributed by atoms with Crippen LogP contribution in [0.1, 0.15) is 36.7 Å². The van der Waals surface area contributed by atoms with Gasteiger partial charge in [-0.1, -0.05) is 10.5 Å². The zero-order valence-electron chi connectivity index (χ0n) is 12.0. The van der Waals surface area contributed by atoms with Crippen LogP contribution in [0.3, 0.4) is 0 Å². The van der Waals surface area contributed by atoms with Crippen LogP contribution < -0.4 is 5.32 Å². The van der Waals surface area contributed by atoms with E-state index < -0.39 is 16.1 Å². The maximum atomic E-state index is 12.0. The second-order valence-corrected chi connectivity index (χ2v) is 7.77. The first-order valence-corrected chi connectivity index (χ1v) is 7.68. The van der Waals surface area contributed by atoms with Crippen LogP contribution in [0.2, 0.25) is 0 Å². The topological polar surface area (TPSA) is 77.4 Å². The zero-order chi connectivity index (χ0) is 15.2. The lowest BCUT2D eigenvalue weighted by atomic mass is 10.1. The van der Waals surface area contributed by atoms with Crippen molar-refractivity contribution in [2.75, 3.05) is 5.32 Å². The Morgan fingerprint density at radius 3 is 2.81 bits per heavy atom. The smallest absolute Gasteiger partial charge is 0.256 e. The number of hydrogen-bond donors (Lipinski definition) is 1. The molecule has 0 bridgehead atoms. The molecule has 1 aromatic heterocycles. The number of benzene rings is 1. The molecule has 1 N–H and O–H groups in total. The Kier molecular flexibility index (Phi) is 3.22. The Balaban J connectivity index is 2.08. The lowest BCUT2D eigenvalue weighted by Crippen LogP contribution is -2.25. The van der Waals surface area contributed by atoms with E-state index in [1.54, 1.807) is 30.6 Å². The fourth-order valence-electron chi connectivity index (χ4n) is 2.14. The molecule has 108 valence electrons. The van der Waals surface area contributed by atoms with E-state index in [1.165, 1.54) is 0 Å². The third-order valence-electron chi connectivity index (χ3n) is 3.23. The number of nitrogens with zero attached hydrogens (tertiary/aromatic N) is 2. The van der Waals surface area contributed by atoms with Crippen LogP contribution in [0.15, 0.2) is 28.8 Å². The first kappa shape index (κ1) is 14.0. The van der Waals surface area contributed by atoms with E-state index in [9.17, 15) is 9.35 Å². The van der Waals surface area contributed by atoms with E-state index >= 15 is 0 Å². The van der Waals surface area contributed by atoms with E-state index in [0.29, 0.717) is 11.1 Å². The molecule has 0 radical (unpaired) electrons. The summed E-state index contributed by atoms with van der Waals surface area (Å²) in [5.41, 5.74) is 2.82. The maximum absolute atomic E-state index is 12.0. The minimum absolute atomic E-state index is 0.121. The van der Waals surface area contributed by atoms with Crippen LogP contribution in [0.25, 0.3) is 10.9 Å². The Morgan fingerprint density at radius 2 is 2.10 bits per heavy atom. The van der Waals surface area contributed by atoms with Gasteiger partial charge in [-0.05, 0) is 32.9 Å². The molecular formula is C15H15N3O2S. The van der Waals surface area contributed by atoms with Crippen molar-refractivity contribution in [2.45, 2.75) is 25.5 Å². The molecule has 1 aliphatic heterocycles. The fourth-order valence-corrected chi connectivity index (χ4v) is 2.66. The third kappa shape index (κ3) is 2.41. The summed E-state index contributed by atoms with van der Waals surface area (Å²) in [6.45, 7) is 5.61. The van der Waals surface area contributed by atoms with Gasteiger partial charge in [-0.25, -0.2) is 0 Å². The molecule has 0 aliphatic carbocycles. The Labute approximate surface area is 125 Å². The number of aromatic nitrogens is 1. The predicted octanol–water partition coefficient (Wildman–Crippen LogP) is 2.68. The minimum Gasteiger partial charge on any atom is -0.591 e. The molecule has 5 nitrogen and oxygen atoms in total. The fraction of sp³-hybridized carbons (Fsp3) is 0.267. The molecule has 1 atom stereocenters. The SMILES string of the molecule is CC(C)(C)[S+]([O-])/N=C/c1ccc2c3c(ccnc13)NC2=O. The molecule has 2 heterocycles. The van der Waals surface area contributed by atoms with Gasteiger partial charge in [0.2, 0.25) is 0 Å². The van der Waals surface area contributed by atoms with Gasteiger partial charge in [0, 0.05) is 17.1 Å². The third-order valence-corrected chi connectivity index (χ3v) is 4.57. The Hall–Kier alpha value is -1.92. The van der Waals surface area contributed by atoms with Crippen molar-refractivity contribution in [2.24, 2.45) is 4.40 Å². The summed E-state index contributed by atoms with van der Waals surface area (Å²) in [5, 5.41) is 3.60. The minimum atomic E-state index is -1.32. The van der Waals surface area contributed by atoms with Gasteiger partial charge in [-0.15, -0.1) is 0 Å². The molecule has 21 heavy (non-hydrogen) atoms. The van der Waals surface area contributed by atoms with Gasteiger partial charge >= 0.3 is 0 Å². The standard InChI is InChI=1S/C15H15N3O2S/c1-15(2,3)21(20)17-8-9-4-5-10-12-11(18-14(10)19)6-7-16-13(9)12/h4-8H,1-3H3,(H,18,19)/b17-8+. The largest absolute Gasteiger partial charge is 0.591 e. The van der Waals surface area contributed by atoms with Crippen LogP contribution in [-0.2, 0) is 11.4 Å². The second kappa shape index (κ2) is 4.82. The van der Waals surface area contributed by atoms with Crippen LogP contribution in [0.5, 0.6) is 0 Å². The van der Waals surface area contributed by atoms with Gasteiger partial charge < -0.3 is 9.87 Å². The van der Waals surface area contributed by atoms with Gasteiger partial charge in [0.1, 0.15) is 16.1 Å². The van der Waals surface area contributed by atoms with Crippen molar-refractivity contribution in [1.29, 1.82) is 0 Å². The quantitative estimate of drug-likeness (QED) is 0.684. The summed E-state index contributed by atoms with van der Waals surface area (Å²) in [6, 6.07) is 5.30. The number of rotatable bonds is 2. The average Bonchev–Trinajstić information content (AvgIpc) is 2.75. The molecule has 1 aromatic carbocycles. The molecule has 6 heteroatoms. The van der Waals surface area contributed by atoms with Crippen molar-refractivity contribution in [1.82, 2.24) is 4.98 Å². The van der Waals surface area contributed by atoms with Gasteiger partial charge in [-0.3, -0.25) is 9.78 Å². The van der Waals surface area contributed by atoms with Crippen LogP contribution >= 0.6 is 0 Å². The zero-order valence-corrected chi connectivity index (χ0v) is 12.8. The van der Waals surface area contributed by atoms with Gasteiger partial charge in [-0.2, -0.15) is 0 Å². The molecule has 1 aliphatic rings. The molecule has 3 rings (SSSR count). The van der Waals surface area contributed by atoms with Crippen LogP contribution in [0.4, 0.5) is 5.69 Å². The summed E-state index contributed by atoms with van der Waals surface area (Å²) in [7, 11) is 0. The van der Waals surface area contributed by atoms with Crippen LogP contribution in [-0.4, -0.2) is 26.4 Å². The van der Waals surface area contributed by atoms with E-state index in [1.807, 2.05) is 20.8 Å².